The van der Waals surface area contributed by atoms with Crippen LogP contribution in [-0.4, -0.2) is 25.3 Å². The number of nitrogens with one attached hydrogen (secondary N) is 1. The molecule has 0 bridgehead atoms. The molecule has 0 spiro atoms. The Hall–Kier alpha value is -0.0800. The van der Waals surface area contributed by atoms with Crippen LogP contribution in [0, 0.1) is 0 Å². The minimum Gasteiger partial charge on any atom is -0.377 e. The summed E-state index contributed by atoms with van der Waals surface area (Å²) in [7, 11) is 1.89. The van der Waals surface area contributed by atoms with Crippen LogP contribution in [0.2, 0.25) is 0 Å². The minimum absolute atomic E-state index is 0.144. The summed E-state index contributed by atoms with van der Waals surface area (Å²) >= 11 is 0. The van der Waals surface area contributed by atoms with E-state index < -0.39 is 0 Å². The Labute approximate surface area is 94.8 Å². The third-order valence-electron chi connectivity index (χ3n) is 3.71. The molecule has 90 valence electrons. The number of rotatable bonds is 7. The van der Waals surface area contributed by atoms with Gasteiger partial charge in [0, 0.05) is 13.2 Å². The molecule has 2 heteroatoms. The predicted molar refractivity (Wildman–Crippen MR) is 65.2 cm³/mol. The van der Waals surface area contributed by atoms with E-state index in [0.717, 1.165) is 6.54 Å². The number of ether oxygens (including phenoxy) is 1. The van der Waals surface area contributed by atoms with Crippen molar-refractivity contribution in [3.05, 3.63) is 0 Å². The summed E-state index contributed by atoms with van der Waals surface area (Å²) in [5.41, 5.74) is 0.144. The summed E-state index contributed by atoms with van der Waals surface area (Å²) in [6, 6.07) is 0.565. The molecule has 1 unspecified atom stereocenters. The average Bonchev–Trinajstić information content (AvgIpc) is 2.74. The standard InChI is InChI=1S/C13H27NO/c1-4-8-12(14-11-5-2)13(15-3)9-6-7-10-13/h12,14H,4-11H2,1-3H3. The van der Waals surface area contributed by atoms with Gasteiger partial charge in [0.05, 0.1) is 5.60 Å². The number of methoxy groups -OCH3 is 1. The molecule has 1 N–H and O–H groups in total. The zero-order valence-corrected chi connectivity index (χ0v) is 10.6. The van der Waals surface area contributed by atoms with Crippen molar-refractivity contribution < 1.29 is 4.74 Å². The third-order valence-corrected chi connectivity index (χ3v) is 3.71. The van der Waals surface area contributed by atoms with Crippen molar-refractivity contribution in [2.24, 2.45) is 0 Å². The molecule has 1 fully saturated rings. The molecule has 1 atom stereocenters. The van der Waals surface area contributed by atoms with Crippen molar-refractivity contribution in [1.82, 2.24) is 5.32 Å². The van der Waals surface area contributed by atoms with Gasteiger partial charge in [0.25, 0.3) is 0 Å². The van der Waals surface area contributed by atoms with Crippen molar-refractivity contribution >= 4 is 0 Å². The Morgan fingerprint density at radius 3 is 2.33 bits per heavy atom. The van der Waals surface area contributed by atoms with Gasteiger partial charge in [0.2, 0.25) is 0 Å². The first kappa shape index (κ1) is 13.0. The Morgan fingerprint density at radius 2 is 1.87 bits per heavy atom. The van der Waals surface area contributed by atoms with E-state index >= 15 is 0 Å². The first-order valence-corrected chi connectivity index (χ1v) is 6.57. The fourth-order valence-electron chi connectivity index (χ4n) is 2.83. The van der Waals surface area contributed by atoms with Gasteiger partial charge in [0.15, 0.2) is 0 Å². The highest BCUT2D eigenvalue weighted by Gasteiger charge is 2.40. The van der Waals surface area contributed by atoms with Crippen molar-refractivity contribution in [2.45, 2.75) is 70.4 Å². The molecule has 0 aromatic carbocycles. The molecular formula is C13H27NO. The summed E-state index contributed by atoms with van der Waals surface area (Å²) in [5.74, 6) is 0. The fraction of sp³-hybridized carbons (Fsp3) is 1.00. The summed E-state index contributed by atoms with van der Waals surface area (Å²) in [4.78, 5) is 0. The molecule has 1 rings (SSSR count). The highest BCUT2D eigenvalue weighted by molar-refractivity contribution is 4.96. The Morgan fingerprint density at radius 1 is 1.20 bits per heavy atom. The molecule has 1 aliphatic rings. The van der Waals surface area contributed by atoms with E-state index in [-0.39, 0.29) is 5.60 Å². The van der Waals surface area contributed by atoms with Gasteiger partial charge in [-0.05, 0) is 32.2 Å². The Bertz CT molecular complexity index is 164. The summed E-state index contributed by atoms with van der Waals surface area (Å²) in [6.07, 6.45) is 8.85. The van der Waals surface area contributed by atoms with Crippen LogP contribution in [0.1, 0.15) is 58.8 Å². The van der Waals surface area contributed by atoms with Gasteiger partial charge in [-0.1, -0.05) is 33.1 Å². The highest BCUT2D eigenvalue weighted by atomic mass is 16.5. The lowest BCUT2D eigenvalue weighted by Crippen LogP contribution is -2.50. The summed E-state index contributed by atoms with van der Waals surface area (Å²) in [5, 5.41) is 3.68. The number of hydrogen-bond acceptors (Lipinski definition) is 2. The van der Waals surface area contributed by atoms with Crippen LogP contribution in [0.5, 0.6) is 0 Å². The average molecular weight is 213 g/mol. The van der Waals surface area contributed by atoms with E-state index in [1.165, 1.54) is 44.9 Å². The summed E-state index contributed by atoms with van der Waals surface area (Å²) < 4.78 is 5.85. The van der Waals surface area contributed by atoms with Crippen LogP contribution >= 0.6 is 0 Å². The lowest BCUT2D eigenvalue weighted by atomic mass is 9.88. The van der Waals surface area contributed by atoms with Crippen LogP contribution < -0.4 is 5.32 Å². The predicted octanol–water partition coefficient (Wildman–Crippen LogP) is 3.11. The Balaban J connectivity index is 2.57. The van der Waals surface area contributed by atoms with Crippen LogP contribution in [0.4, 0.5) is 0 Å². The van der Waals surface area contributed by atoms with E-state index in [2.05, 4.69) is 19.2 Å². The maximum atomic E-state index is 5.85. The molecule has 0 radical (unpaired) electrons. The molecule has 0 aromatic rings. The van der Waals surface area contributed by atoms with Gasteiger partial charge in [-0.15, -0.1) is 0 Å². The molecule has 2 nitrogen and oxygen atoms in total. The molecule has 1 aliphatic carbocycles. The topological polar surface area (TPSA) is 21.3 Å². The second-order valence-corrected chi connectivity index (χ2v) is 4.77. The highest BCUT2D eigenvalue weighted by Crippen LogP contribution is 2.37. The zero-order chi connectivity index (χ0) is 11.1. The van der Waals surface area contributed by atoms with Gasteiger partial charge in [-0.3, -0.25) is 0 Å². The van der Waals surface area contributed by atoms with Crippen molar-refractivity contribution in [3.8, 4) is 0 Å². The van der Waals surface area contributed by atoms with Gasteiger partial charge in [-0.2, -0.15) is 0 Å². The van der Waals surface area contributed by atoms with E-state index in [1.807, 2.05) is 7.11 Å². The van der Waals surface area contributed by atoms with Gasteiger partial charge < -0.3 is 10.1 Å². The maximum Gasteiger partial charge on any atom is 0.0830 e. The molecule has 0 aliphatic heterocycles. The van der Waals surface area contributed by atoms with E-state index in [4.69, 9.17) is 4.74 Å². The lowest BCUT2D eigenvalue weighted by Gasteiger charge is -2.37. The molecule has 15 heavy (non-hydrogen) atoms. The van der Waals surface area contributed by atoms with Crippen LogP contribution in [-0.2, 0) is 4.74 Å². The quantitative estimate of drug-likeness (QED) is 0.701. The molecule has 0 heterocycles. The SMILES string of the molecule is CCCNC(CCC)C1(OC)CCCC1. The second kappa shape index (κ2) is 6.49. The van der Waals surface area contributed by atoms with Crippen LogP contribution in [0.25, 0.3) is 0 Å². The van der Waals surface area contributed by atoms with Gasteiger partial charge in [0.1, 0.15) is 0 Å². The molecule has 0 aromatic heterocycles. The largest absolute Gasteiger partial charge is 0.377 e. The first-order chi connectivity index (χ1) is 7.29. The van der Waals surface area contributed by atoms with Crippen molar-refractivity contribution in [3.63, 3.8) is 0 Å². The smallest absolute Gasteiger partial charge is 0.0830 e. The van der Waals surface area contributed by atoms with E-state index in [1.54, 1.807) is 0 Å². The lowest BCUT2D eigenvalue weighted by molar-refractivity contribution is -0.0378. The van der Waals surface area contributed by atoms with E-state index in [0.29, 0.717) is 6.04 Å². The monoisotopic (exact) mass is 213 g/mol. The normalized spacial score (nSPS) is 21.8. The first-order valence-electron chi connectivity index (χ1n) is 6.57. The molecule has 0 amide bonds. The van der Waals surface area contributed by atoms with Gasteiger partial charge in [-0.25, -0.2) is 0 Å². The van der Waals surface area contributed by atoms with Crippen LogP contribution in [0.15, 0.2) is 0 Å². The number of hydrogen-bond donors (Lipinski definition) is 1. The third kappa shape index (κ3) is 3.18. The summed E-state index contributed by atoms with van der Waals surface area (Å²) in [6.45, 7) is 5.61. The molecule has 1 saturated carbocycles. The zero-order valence-electron chi connectivity index (χ0n) is 10.6. The van der Waals surface area contributed by atoms with Crippen molar-refractivity contribution in [1.29, 1.82) is 0 Å². The second-order valence-electron chi connectivity index (χ2n) is 4.77. The van der Waals surface area contributed by atoms with Gasteiger partial charge >= 0.3 is 0 Å². The molecule has 0 saturated heterocycles. The fourth-order valence-corrected chi connectivity index (χ4v) is 2.83. The maximum absolute atomic E-state index is 5.85. The van der Waals surface area contributed by atoms with Crippen molar-refractivity contribution in [2.75, 3.05) is 13.7 Å². The molecular weight excluding hydrogens is 186 g/mol. The van der Waals surface area contributed by atoms with E-state index in [9.17, 15) is 0 Å². The minimum atomic E-state index is 0.144. The van der Waals surface area contributed by atoms with Crippen LogP contribution in [0.3, 0.4) is 0 Å². The Kier molecular flexibility index (Phi) is 5.62.